The Bertz CT molecular complexity index is 905. The van der Waals surface area contributed by atoms with Gasteiger partial charge in [-0.25, -0.2) is 9.69 Å². The molecule has 114 valence electrons. The number of rotatable bonds is 1. The summed E-state index contributed by atoms with van der Waals surface area (Å²) in [5.74, 6) is -0.985. The van der Waals surface area contributed by atoms with Gasteiger partial charge in [0.05, 0.1) is 16.7 Å². The van der Waals surface area contributed by atoms with Gasteiger partial charge in [-0.2, -0.15) is 0 Å². The second kappa shape index (κ2) is 4.74. The van der Waals surface area contributed by atoms with Crippen molar-refractivity contribution in [2.45, 2.75) is 19.3 Å². The van der Waals surface area contributed by atoms with Crippen LogP contribution >= 0.6 is 0 Å². The van der Waals surface area contributed by atoms with Crippen LogP contribution in [0.25, 0.3) is 0 Å². The zero-order chi connectivity index (χ0) is 16.1. The van der Waals surface area contributed by atoms with Crippen molar-refractivity contribution in [1.29, 1.82) is 0 Å². The van der Waals surface area contributed by atoms with E-state index in [2.05, 4.69) is 0 Å². The minimum atomic E-state index is -0.784. The Morgan fingerprint density at radius 2 is 1.52 bits per heavy atom. The molecule has 23 heavy (non-hydrogen) atoms. The van der Waals surface area contributed by atoms with Gasteiger partial charge < -0.3 is 4.42 Å². The molecule has 1 aliphatic heterocycles. The topological polar surface area (TPSA) is 84.7 Å². The van der Waals surface area contributed by atoms with Crippen molar-refractivity contribution in [3.63, 3.8) is 0 Å². The molecule has 4 rings (SSSR count). The molecule has 0 fully saturated rings. The molecule has 2 amide bonds. The Morgan fingerprint density at radius 3 is 2.17 bits per heavy atom. The molecule has 0 radical (unpaired) electrons. The van der Waals surface area contributed by atoms with E-state index >= 15 is 0 Å². The number of carbonyl (C=O) groups excluding carboxylic acids is 3. The summed E-state index contributed by atoms with van der Waals surface area (Å²) in [7, 11) is 0. The summed E-state index contributed by atoms with van der Waals surface area (Å²) in [5.41, 5.74) is -0.234. The fourth-order valence-corrected chi connectivity index (χ4v) is 3.03. The van der Waals surface area contributed by atoms with Crippen molar-refractivity contribution in [3.05, 3.63) is 63.2 Å². The fraction of sp³-hybridized carbons (Fsp3) is 0.176. The third-order valence-corrected chi connectivity index (χ3v) is 4.15. The van der Waals surface area contributed by atoms with Crippen LogP contribution in [0.15, 0.2) is 39.5 Å². The lowest BCUT2D eigenvalue weighted by molar-refractivity contribution is 0.0918. The molecule has 0 bridgehead atoms. The number of Topliss-reactive ketones (excluding diaryl/α,β-unsaturated/α-hetero) is 1. The zero-order valence-electron chi connectivity index (χ0n) is 12.0. The lowest BCUT2D eigenvalue weighted by Crippen LogP contribution is -2.34. The van der Waals surface area contributed by atoms with Crippen LogP contribution in [0.4, 0.5) is 5.69 Å². The number of benzene rings is 1. The van der Waals surface area contributed by atoms with Gasteiger partial charge >= 0.3 is 5.63 Å². The van der Waals surface area contributed by atoms with Crippen LogP contribution in [-0.2, 0) is 6.42 Å². The largest absolute Gasteiger partial charge is 0.426 e. The zero-order valence-corrected chi connectivity index (χ0v) is 12.0. The molecule has 2 aromatic rings. The summed E-state index contributed by atoms with van der Waals surface area (Å²) in [4.78, 5) is 49.9. The third kappa shape index (κ3) is 1.88. The molecule has 6 heteroatoms. The lowest BCUT2D eigenvalue weighted by Gasteiger charge is -2.17. The lowest BCUT2D eigenvalue weighted by atomic mass is 9.96. The normalized spacial score (nSPS) is 16.5. The summed E-state index contributed by atoms with van der Waals surface area (Å²) in [6.45, 7) is 0. The van der Waals surface area contributed by atoms with Crippen LogP contribution in [0, 0.1) is 0 Å². The summed E-state index contributed by atoms with van der Waals surface area (Å²) in [6.07, 6.45) is 1.49. The molecule has 0 unspecified atom stereocenters. The van der Waals surface area contributed by atoms with E-state index in [1.165, 1.54) is 18.2 Å². The average molecular weight is 309 g/mol. The highest BCUT2D eigenvalue weighted by Gasteiger charge is 2.39. The Morgan fingerprint density at radius 1 is 0.870 bits per heavy atom. The van der Waals surface area contributed by atoms with Crippen molar-refractivity contribution in [2.75, 3.05) is 4.90 Å². The van der Waals surface area contributed by atoms with Crippen LogP contribution in [-0.4, -0.2) is 17.6 Å². The third-order valence-electron chi connectivity index (χ3n) is 4.15. The summed E-state index contributed by atoms with van der Waals surface area (Å²) in [5, 5.41) is 0. The number of nitrogens with zero attached hydrogens (tertiary/aromatic N) is 1. The molecule has 2 heterocycles. The quantitative estimate of drug-likeness (QED) is 0.752. The summed E-state index contributed by atoms with van der Waals surface area (Å²) >= 11 is 0. The van der Waals surface area contributed by atoms with Gasteiger partial charge in [0.1, 0.15) is 11.4 Å². The Balaban J connectivity index is 1.88. The number of imide groups is 1. The molecule has 0 saturated carbocycles. The van der Waals surface area contributed by atoms with Crippen molar-refractivity contribution >= 4 is 23.3 Å². The van der Waals surface area contributed by atoms with E-state index < -0.39 is 17.4 Å². The van der Waals surface area contributed by atoms with E-state index in [0.717, 1.165) is 4.90 Å². The molecule has 2 aliphatic rings. The van der Waals surface area contributed by atoms with Crippen LogP contribution < -0.4 is 10.5 Å². The molecule has 1 aromatic carbocycles. The number of carbonyl (C=O) groups is 3. The maximum absolute atomic E-state index is 12.4. The van der Waals surface area contributed by atoms with Gasteiger partial charge in [0.15, 0.2) is 5.78 Å². The molecule has 0 saturated heterocycles. The molecule has 1 aliphatic carbocycles. The second-order valence-electron chi connectivity index (χ2n) is 5.52. The van der Waals surface area contributed by atoms with E-state index in [1.807, 2.05) is 0 Å². The standard InChI is InChI=1S/C17H11NO5/c19-13-6-3-7-14-11(13)8-12(17(22)23-14)18-15(20)9-4-1-2-5-10(9)16(18)21/h1-2,4-5,8H,3,6-7H2. The number of aryl methyl sites for hydroxylation is 1. The van der Waals surface area contributed by atoms with Gasteiger partial charge in [-0.15, -0.1) is 0 Å². The van der Waals surface area contributed by atoms with Crippen LogP contribution in [0.1, 0.15) is 49.7 Å². The SMILES string of the molecule is O=C1CCCc2oc(=O)c(N3C(=O)c4ccccc4C3=O)cc21. The monoisotopic (exact) mass is 309 g/mol. The molecule has 0 atom stereocenters. The van der Waals surface area contributed by atoms with Crippen LogP contribution in [0.2, 0.25) is 0 Å². The van der Waals surface area contributed by atoms with E-state index in [4.69, 9.17) is 4.42 Å². The van der Waals surface area contributed by atoms with Crippen LogP contribution in [0.5, 0.6) is 0 Å². The fourth-order valence-electron chi connectivity index (χ4n) is 3.03. The number of amides is 2. The second-order valence-corrected chi connectivity index (χ2v) is 5.52. The van der Waals surface area contributed by atoms with Crippen molar-refractivity contribution < 1.29 is 18.8 Å². The molecule has 6 nitrogen and oxygen atoms in total. The highest BCUT2D eigenvalue weighted by Crippen LogP contribution is 2.29. The van der Waals surface area contributed by atoms with Crippen molar-refractivity contribution in [2.24, 2.45) is 0 Å². The van der Waals surface area contributed by atoms with Crippen molar-refractivity contribution in [3.8, 4) is 0 Å². The predicted octanol–water partition coefficient (Wildman–Crippen LogP) is 1.96. The minimum absolute atomic E-state index is 0.146. The van der Waals surface area contributed by atoms with E-state index in [1.54, 1.807) is 12.1 Å². The first kappa shape index (κ1) is 13.6. The number of anilines is 1. The molecular formula is C17H11NO5. The first-order chi connectivity index (χ1) is 11.1. The highest BCUT2D eigenvalue weighted by molar-refractivity contribution is 6.34. The molecule has 0 N–H and O–H groups in total. The first-order valence-corrected chi connectivity index (χ1v) is 7.26. The van der Waals surface area contributed by atoms with E-state index in [9.17, 15) is 19.2 Å². The Kier molecular flexibility index (Phi) is 2.81. The van der Waals surface area contributed by atoms with Crippen molar-refractivity contribution in [1.82, 2.24) is 0 Å². The molecule has 1 aromatic heterocycles. The number of fused-ring (bicyclic) bond motifs is 2. The molecular weight excluding hydrogens is 298 g/mol. The Hall–Kier alpha value is -3.02. The van der Waals surface area contributed by atoms with Gasteiger partial charge in [0.25, 0.3) is 11.8 Å². The predicted molar refractivity (Wildman–Crippen MR) is 79.8 cm³/mol. The smallest absolute Gasteiger partial charge is 0.360 e. The maximum Gasteiger partial charge on any atom is 0.360 e. The van der Waals surface area contributed by atoms with E-state index in [0.29, 0.717) is 25.0 Å². The van der Waals surface area contributed by atoms with Gasteiger partial charge in [0, 0.05) is 12.8 Å². The van der Waals surface area contributed by atoms with E-state index in [-0.39, 0.29) is 28.2 Å². The number of hydrogen-bond donors (Lipinski definition) is 0. The summed E-state index contributed by atoms with van der Waals surface area (Å²) < 4.78 is 5.19. The molecule has 0 spiro atoms. The average Bonchev–Trinajstić information content (AvgIpc) is 2.80. The van der Waals surface area contributed by atoms with Gasteiger partial charge in [-0.3, -0.25) is 14.4 Å². The summed E-state index contributed by atoms with van der Waals surface area (Å²) in [6, 6.07) is 7.66. The highest BCUT2D eigenvalue weighted by atomic mass is 16.4. The Labute approximate surface area is 130 Å². The number of hydrogen-bond acceptors (Lipinski definition) is 5. The van der Waals surface area contributed by atoms with Gasteiger partial charge in [-0.05, 0) is 24.6 Å². The maximum atomic E-state index is 12.4. The first-order valence-electron chi connectivity index (χ1n) is 7.26. The van der Waals surface area contributed by atoms with Crippen LogP contribution in [0.3, 0.4) is 0 Å². The number of ketones is 1. The van der Waals surface area contributed by atoms with Gasteiger partial charge in [0.2, 0.25) is 0 Å². The van der Waals surface area contributed by atoms with Gasteiger partial charge in [-0.1, -0.05) is 12.1 Å². The minimum Gasteiger partial charge on any atom is -0.426 e.